The molecule has 3 N–H and O–H groups in total. The molecule has 0 bridgehead atoms. The summed E-state index contributed by atoms with van der Waals surface area (Å²) in [5, 5.41) is 15.1. The highest BCUT2D eigenvalue weighted by Crippen LogP contribution is 2.48. The Labute approximate surface area is 345 Å². The van der Waals surface area contributed by atoms with Gasteiger partial charge in [0.25, 0.3) is 5.91 Å². The number of carbonyl (C=O) groups excluding carboxylic acids is 3. The Bertz CT molecular complexity index is 2070. The summed E-state index contributed by atoms with van der Waals surface area (Å²) in [6.07, 6.45) is 4.48. The number of aromatic nitrogens is 1. The minimum absolute atomic E-state index is 0.0509. The molecule has 2 saturated carbocycles. The molecular weight excluding hydrogens is 790 g/mol. The van der Waals surface area contributed by atoms with E-state index in [0.717, 1.165) is 6.42 Å². The van der Waals surface area contributed by atoms with Crippen LogP contribution in [0.1, 0.15) is 86.5 Å². The summed E-state index contributed by atoms with van der Waals surface area (Å²) in [5.74, 6) is -2.60. The number of nitrogens with one attached hydrogen (secondary N) is 2. The van der Waals surface area contributed by atoms with Crippen molar-refractivity contribution in [2.24, 2.45) is 17.8 Å². The van der Waals surface area contributed by atoms with Crippen LogP contribution in [0.25, 0.3) is 10.8 Å². The van der Waals surface area contributed by atoms with Gasteiger partial charge in [-0.3, -0.25) is 24.0 Å². The Balaban J connectivity index is 1.41. The van der Waals surface area contributed by atoms with Gasteiger partial charge in [0.1, 0.15) is 30.3 Å². The number of carbonyl (C=O) groups is 4. The van der Waals surface area contributed by atoms with Crippen LogP contribution < -0.4 is 19.5 Å². The van der Waals surface area contributed by atoms with Crippen LogP contribution in [0.2, 0.25) is 5.02 Å². The maximum Gasteiger partial charge on any atom is 0.408 e. The van der Waals surface area contributed by atoms with Gasteiger partial charge in [0.15, 0.2) is 0 Å². The van der Waals surface area contributed by atoms with E-state index in [-0.39, 0.29) is 43.7 Å². The summed E-state index contributed by atoms with van der Waals surface area (Å²) in [6.45, 7) is 11.0. The van der Waals surface area contributed by atoms with Crippen LogP contribution in [0, 0.1) is 17.8 Å². The summed E-state index contributed by atoms with van der Waals surface area (Å²) >= 11 is 6.60. The van der Waals surface area contributed by atoms with Gasteiger partial charge in [-0.25, -0.2) is 13.2 Å². The number of allylic oxidation sites excluding steroid dienone is 1. The quantitative estimate of drug-likeness (QED) is 0.208. The van der Waals surface area contributed by atoms with Gasteiger partial charge in [-0.15, -0.1) is 0 Å². The first-order chi connectivity index (χ1) is 27.2. The molecule has 15 nitrogen and oxygen atoms in total. The number of carboxylic acid groups (broad SMARTS) is 1. The van der Waals surface area contributed by atoms with Gasteiger partial charge in [-0.1, -0.05) is 43.7 Å². The van der Waals surface area contributed by atoms with E-state index in [0.29, 0.717) is 48.1 Å². The van der Waals surface area contributed by atoms with Crippen molar-refractivity contribution in [2.75, 3.05) is 26.9 Å². The maximum absolute atomic E-state index is 15.1. The third-order valence-electron chi connectivity index (χ3n) is 12.0. The zero-order valence-corrected chi connectivity index (χ0v) is 35.8. The topological polar surface area (TPSA) is 194 Å². The van der Waals surface area contributed by atoms with E-state index in [1.165, 1.54) is 9.80 Å². The highest BCUT2D eigenvalue weighted by atomic mass is 35.5. The largest absolute Gasteiger partial charge is 0.475 e. The molecule has 6 rings (SSSR count). The Hall–Kier alpha value is -4.15. The van der Waals surface area contributed by atoms with Crippen molar-refractivity contribution in [2.45, 2.75) is 121 Å². The number of rotatable bonds is 10. The van der Waals surface area contributed by atoms with E-state index in [2.05, 4.69) is 21.9 Å². The Morgan fingerprint density at radius 3 is 2.52 bits per heavy atom. The first kappa shape index (κ1) is 43.4. The van der Waals surface area contributed by atoms with Crippen LogP contribution in [0.5, 0.6) is 11.8 Å². The minimum atomic E-state index is -4.04. The van der Waals surface area contributed by atoms with Crippen molar-refractivity contribution in [3.05, 3.63) is 41.4 Å². The number of pyridine rings is 1. The lowest BCUT2D eigenvalue weighted by Gasteiger charge is -2.43. The summed E-state index contributed by atoms with van der Waals surface area (Å²) in [7, 11) is -2.49. The number of ether oxygens (including phenoxy) is 3. The van der Waals surface area contributed by atoms with Gasteiger partial charge < -0.3 is 29.5 Å². The minimum Gasteiger partial charge on any atom is -0.475 e. The second-order valence-electron chi connectivity index (χ2n) is 17.7. The summed E-state index contributed by atoms with van der Waals surface area (Å²) in [5.41, 5.74) is -2.58. The molecule has 3 heterocycles. The highest BCUT2D eigenvalue weighted by Gasteiger charge is 2.63. The van der Waals surface area contributed by atoms with E-state index < -0.39 is 79.7 Å². The van der Waals surface area contributed by atoms with Crippen molar-refractivity contribution < 1.29 is 46.9 Å². The van der Waals surface area contributed by atoms with Crippen molar-refractivity contribution in [3.63, 3.8) is 0 Å². The Kier molecular flexibility index (Phi) is 12.3. The zero-order chi connectivity index (χ0) is 42.4. The molecule has 17 heteroatoms. The molecule has 1 aromatic carbocycles. The summed E-state index contributed by atoms with van der Waals surface area (Å²) in [4.78, 5) is 64.0. The molecule has 7 atom stereocenters. The van der Waals surface area contributed by atoms with Crippen LogP contribution in [0.3, 0.4) is 0 Å². The number of hydrogen-bond acceptors (Lipinski definition) is 10. The van der Waals surface area contributed by atoms with Crippen LogP contribution in [-0.2, 0) is 29.1 Å². The van der Waals surface area contributed by atoms with E-state index in [1.807, 2.05) is 19.1 Å². The third-order valence-corrected chi connectivity index (χ3v) is 14.5. The van der Waals surface area contributed by atoms with Crippen molar-refractivity contribution in [3.8, 4) is 11.8 Å². The number of methoxy groups -OCH3 is 1. The molecule has 0 unspecified atom stereocenters. The fourth-order valence-electron chi connectivity index (χ4n) is 8.30. The summed E-state index contributed by atoms with van der Waals surface area (Å²) < 4.78 is 45.2. The number of halogens is 1. The lowest BCUT2D eigenvalue weighted by atomic mass is 9.85. The van der Waals surface area contributed by atoms with Gasteiger partial charge in [-0.05, 0) is 90.2 Å². The van der Waals surface area contributed by atoms with Crippen molar-refractivity contribution >= 4 is 56.2 Å². The second-order valence-corrected chi connectivity index (χ2v) is 20.3. The SMILES string of the molecule is COCCOc1cc2c(Cl)cccc2c(O[C@@H]2C[C@H]3C(=O)N[C@]4(C(=O)NS(=O)(=O)C5(C)CC5)C[C@H]4C=CCC[C@H](C)C[C@@H](C)[C@H](N(C(=O)O)C(C)(C)C)C(=O)N3C2)n1. The molecule has 1 saturated heterocycles. The lowest BCUT2D eigenvalue weighted by molar-refractivity contribution is -0.146. The molecule has 2 aromatic rings. The fourth-order valence-corrected chi connectivity index (χ4v) is 9.84. The normalized spacial score (nSPS) is 28.7. The van der Waals surface area contributed by atoms with Crippen LogP contribution in [0.15, 0.2) is 36.4 Å². The Morgan fingerprint density at radius 2 is 1.86 bits per heavy atom. The van der Waals surface area contributed by atoms with Crippen LogP contribution in [-0.4, -0.2) is 113 Å². The molecular formula is C41H56ClN5O10S. The standard InChI is InChI=1S/C41H56ClN5O10S/c1-24-11-8-9-12-26-22-41(26,37(50)45-58(53,54)40(6)15-16-40)44-34(48)31-20-27(23-46(31)36(49)33(25(2)19-24)47(38(51)52)39(3,4)5)57-35-28-13-10-14-30(42)29(28)21-32(43-35)56-18-17-55-7/h9-10,12-14,21,24-27,31,33H,8,11,15-20,22-23H2,1-7H3,(H,44,48)(H,45,50)(H,51,52)/t24-,25+,26+,27+,31-,33-,41+/m0/s1. The smallest absolute Gasteiger partial charge is 0.408 e. The van der Waals surface area contributed by atoms with Gasteiger partial charge in [0, 0.05) is 46.8 Å². The molecule has 1 aromatic heterocycles. The average molecular weight is 846 g/mol. The lowest BCUT2D eigenvalue weighted by Crippen LogP contribution is -2.62. The molecule has 4 aliphatic rings. The molecule has 0 radical (unpaired) electrons. The van der Waals surface area contributed by atoms with Gasteiger partial charge in [0.05, 0.1) is 17.9 Å². The molecule has 318 valence electrons. The maximum atomic E-state index is 15.1. The van der Waals surface area contributed by atoms with Crippen molar-refractivity contribution in [1.82, 2.24) is 24.8 Å². The number of fused-ring (bicyclic) bond motifs is 3. The number of amides is 4. The first-order valence-electron chi connectivity index (χ1n) is 20.0. The predicted molar refractivity (Wildman–Crippen MR) is 217 cm³/mol. The first-order valence-corrected chi connectivity index (χ1v) is 21.8. The number of sulfonamides is 1. The highest BCUT2D eigenvalue weighted by molar-refractivity contribution is 7.91. The fraction of sp³-hybridized carbons (Fsp3) is 0.634. The van der Waals surface area contributed by atoms with E-state index >= 15 is 4.79 Å². The molecule has 4 amide bonds. The molecule has 0 spiro atoms. The summed E-state index contributed by atoms with van der Waals surface area (Å²) in [6, 6.07) is 4.52. The van der Waals surface area contributed by atoms with Gasteiger partial charge >= 0.3 is 6.09 Å². The monoisotopic (exact) mass is 845 g/mol. The molecule has 2 aliphatic heterocycles. The average Bonchev–Trinajstić information content (AvgIpc) is 4.01. The molecule has 3 fully saturated rings. The molecule has 2 aliphatic carbocycles. The predicted octanol–water partition coefficient (Wildman–Crippen LogP) is 5.29. The number of hydrogen-bond donors (Lipinski definition) is 3. The zero-order valence-electron chi connectivity index (χ0n) is 34.2. The number of nitrogens with zero attached hydrogens (tertiary/aromatic N) is 3. The van der Waals surface area contributed by atoms with E-state index in [4.69, 9.17) is 25.8 Å². The number of benzene rings is 1. The van der Waals surface area contributed by atoms with Crippen molar-refractivity contribution in [1.29, 1.82) is 0 Å². The molecule has 58 heavy (non-hydrogen) atoms. The third kappa shape index (κ3) is 8.88. The van der Waals surface area contributed by atoms with Gasteiger partial charge in [-0.2, -0.15) is 4.98 Å². The van der Waals surface area contributed by atoms with Crippen LogP contribution in [0.4, 0.5) is 4.79 Å². The van der Waals surface area contributed by atoms with Gasteiger partial charge in [0.2, 0.25) is 33.6 Å². The Morgan fingerprint density at radius 1 is 1.14 bits per heavy atom. The van der Waals surface area contributed by atoms with Crippen LogP contribution >= 0.6 is 11.6 Å². The van der Waals surface area contributed by atoms with E-state index in [1.54, 1.807) is 59.1 Å². The second kappa shape index (κ2) is 16.5. The van der Waals surface area contributed by atoms with E-state index in [9.17, 15) is 27.9 Å².